The number of fused-ring (bicyclic) bond motifs is 1. The van der Waals surface area contributed by atoms with E-state index in [0.717, 1.165) is 23.7 Å². The average molecular weight is 442 g/mol. The fraction of sp³-hybridized carbons (Fsp3) is 0.238. The number of hydrogen-bond acceptors (Lipinski definition) is 5. The molecule has 31 heavy (non-hydrogen) atoms. The number of sulfonamides is 1. The summed E-state index contributed by atoms with van der Waals surface area (Å²) in [6.45, 7) is 0.811. The fourth-order valence-electron chi connectivity index (χ4n) is 3.41. The zero-order chi connectivity index (χ0) is 21.8. The van der Waals surface area contributed by atoms with Crippen LogP contribution in [-0.2, 0) is 14.8 Å². The van der Waals surface area contributed by atoms with Gasteiger partial charge in [0, 0.05) is 35.8 Å². The van der Waals surface area contributed by atoms with E-state index in [9.17, 15) is 18.0 Å². The van der Waals surface area contributed by atoms with Gasteiger partial charge in [0.1, 0.15) is 0 Å². The Morgan fingerprint density at radius 3 is 2.68 bits per heavy atom. The summed E-state index contributed by atoms with van der Waals surface area (Å²) in [5.41, 5.74) is 5.95. The molecule has 3 aromatic rings. The number of nitrogens with one attached hydrogen (secondary N) is 4. The Morgan fingerprint density at radius 2 is 1.87 bits per heavy atom. The van der Waals surface area contributed by atoms with Crippen LogP contribution in [0, 0.1) is 0 Å². The highest BCUT2D eigenvalue weighted by Gasteiger charge is 2.21. The van der Waals surface area contributed by atoms with Crippen molar-refractivity contribution < 1.29 is 22.7 Å². The summed E-state index contributed by atoms with van der Waals surface area (Å²) in [4.78, 5) is 27.8. The predicted octanol–water partition coefficient (Wildman–Crippen LogP) is 1.70. The molecule has 1 unspecified atom stereocenters. The molecule has 0 bridgehead atoms. The van der Waals surface area contributed by atoms with Crippen molar-refractivity contribution in [2.24, 2.45) is 0 Å². The largest absolute Gasteiger partial charge is 0.377 e. The number of benzene rings is 2. The number of aromatic amines is 1. The third-order valence-electron chi connectivity index (χ3n) is 5.05. The van der Waals surface area contributed by atoms with Crippen LogP contribution in [0.2, 0.25) is 0 Å². The van der Waals surface area contributed by atoms with Gasteiger partial charge in [-0.1, -0.05) is 24.3 Å². The molecule has 4 rings (SSSR count). The van der Waals surface area contributed by atoms with Crippen LogP contribution in [-0.4, -0.2) is 44.5 Å². The Balaban J connectivity index is 1.40. The highest BCUT2D eigenvalue weighted by atomic mass is 32.2. The van der Waals surface area contributed by atoms with Crippen molar-refractivity contribution in [3.63, 3.8) is 0 Å². The minimum Gasteiger partial charge on any atom is -0.377 e. The Bertz CT molecular complexity index is 1220. The molecule has 0 aliphatic carbocycles. The maximum Gasteiger partial charge on any atom is 0.271 e. The molecule has 1 saturated heterocycles. The van der Waals surface area contributed by atoms with E-state index in [1.165, 1.54) is 24.3 Å². The molecule has 1 atom stereocenters. The van der Waals surface area contributed by atoms with Gasteiger partial charge in [-0.2, -0.15) is 0 Å². The minimum atomic E-state index is -3.80. The van der Waals surface area contributed by atoms with Crippen molar-refractivity contribution in [2.75, 3.05) is 13.2 Å². The van der Waals surface area contributed by atoms with Gasteiger partial charge < -0.3 is 9.72 Å². The zero-order valence-corrected chi connectivity index (χ0v) is 17.4. The highest BCUT2D eigenvalue weighted by molar-refractivity contribution is 7.89. The van der Waals surface area contributed by atoms with Crippen molar-refractivity contribution in [3.8, 4) is 0 Å². The van der Waals surface area contributed by atoms with Gasteiger partial charge in [0.25, 0.3) is 11.8 Å². The van der Waals surface area contributed by atoms with Gasteiger partial charge in [-0.15, -0.1) is 0 Å². The molecule has 1 aromatic heterocycles. The molecule has 1 aliphatic rings. The number of carbonyl (C=O) groups is 2. The maximum atomic E-state index is 12.5. The zero-order valence-electron chi connectivity index (χ0n) is 16.6. The van der Waals surface area contributed by atoms with Crippen LogP contribution in [0.4, 0.5) is 0 Å². The average Bonchev–Trinajstić information content (AvgIpc) is 3.46. The van der Waals surface area contributed by atoms with Crippen LogP contribution in [0.3, 0.4) is 0 Å². The van der Waals surface area contributed by atoms with Crippen LogP contribution in [0.25, 0.3) is 10.9 Å². The molecule has 2 heterocycles. The molecule has 1 aliphatic heterocycles. The molecule has 10 heteroatoms. The predicted molar refractivity (Wildman–Crippen MR) is 114 cm³/mol. The van der Waals surface area contributed by atoms with E-state index in [0.29, 0.717) is 12.2 Å². The number of ether oxygens (including phenoxy) is 1. The second-order valence-electron chi connectivity index (χ2n) is 7.17. The lowest BCUT2D eigenvalue weighted by molar-refractivity contribution is 0.0847. The van der Waals surface area contributed by atoms with Gasteiger partial charge in [-0.25, -0.2) is 13.1 Å². The van der Waals surface area contributed by atoms with E-state index < -0.39 is 21.8 Å². The number of hydrazine groups is 1. The van der Waals surface area contributed by atoms with Crippen LogP contribution >= 0.6 is 0 Å². The second-order valence-corrected chi connectivity index (χ2v) is 8.94. The number of para-hydroxylation sites is 1. The Labute approximate surface area is 179 Å². The van der Waals surface area contributed by atoms with Crippen molar-refractivity contribution >= 4 is 32.7 Å². The van der Waals surface area contributed by atoms with Gasteiger partial charge in [-0.3, -0.25) is 20.4 Å². The quantitative estimate of drug-likeness (QED) is 0.432. The van der Waals surface area contributed by atoms with Crippen molar-refractivity contribution in [3.05, 3.63) is 65.9 Å². The lowest BCUT2D eigenvalue weighted by Crippen LogP contribution is -2.41. The molecule has 0 radical (unpaired) electrons. The smallest absolute Gasteiger partial charge is 0.271 e. The standard InChI is InChI=1S/C21H22N4O5S/c26-20(24-25-21(27)18-13-22-19-9-2-1-8-17(18)19)14-5-3-7-16(11-14)31(28,29)23-12-15-6-4-10-30-15/h1-3,5,7-9,11,13,15,22-23H,4,6,10,12H2,(H,24,26)(H,25,27). The maximum absolute atomic E-state index is 12.5. The van der Waals surface area contributed by atoms with Crippen molar-refractivity contribution in [1.82, 2.24) is 20.6 Å². The monoisotopic (exact) mass is 442 g/mol. The minimum absolute atomic E-state index is 0.0406. The number of H-pyrrole nitrogens is 1. The molecule has 4 N–H and O–H groups in total. The normalized spacial score (nSPS) is 16.3. The number of carbonyl (C=O) groups excluding carboxylic acids is 2. The molecule has 2 amide bonds. The molecule has 0 saturated carbocycles. The third kappa shape index (κ3) is 4.76. The SMILES string of the molecule is O=C(NNC(=O)c1c[nH]c2ccccc12)c1cccc(S(=O)(=O)NCC2CCCO2)c1. The number of aromatic nitrogens is 1. The molecule has 0 spiro atoms. The van der Waals surface area contributed by atoms with E-state index >= 15 is 0 Å². The van der Waals surface area contributed by atoms with Gasteiger partial charge in [0.2, 0.25) is 10.0 Å². The third-order valence-corrected chi connectivity index (χ3v) is 6.48. The summed E-state index contributed by atoms with van der Waals surface area (Å²) in [5.74, 6) is -1.13. The Hall–Kier alpha value is -3.21. The van der Waals surface area contributed by atoms with Crippen LogP contribution in [0.1, 0.15) is 33.6 Å². The second kappa shape index (κ2) is 8.88. The first kappa shape index (κ1) is 21.0. The van der Waals surface area contributed by atoms with Gasteiger partial charge in [0.05, 0.1) is 16.6 Å². The Morgan fingerprint density at radius 1 is 1.06 bits per heavy atom. The number of hydrogen-bond donors (Lipinski definition) is 4. The van der Waals surface area contributed by atoms with Crippen LogP contribution in [0.15, 0.2) is 59.6 Å². The van der Waals surface area contributed by atoms with E-state index in [1.807, 2.05) is 18.2 Å². The molecule has 9 nitrogen and oxygen atoms in total. The molecule has 162 valence electrons. The van der Waals surface area contributed by atoms with Gasteiger partial charge in [-0.05, 0) is 37.1 Å². The Kier molecular flexibility index (Phi) is 6.03. The highest BCUT2D eigenvalue weighted by Crippen LogP contribution is 2.17. The number of amides is 2. The lowest BCUT2D eigenvalue weighted by atomic mass is 10.2. The summed E-state index contributed by atoms with van der Waals surface area (Å²) in [6.07, 6.45) is 3.13. The van der Waals surface area contributed by atoms with Crippen molar-refractivity contribution in [1.29, 1.82) is 0 Å². The number of rotatable bonds is 6. The summed E-state index contributed by atoms with van der Waals surface area (Å²) in [6, 6.07) is 12.9. The molecule has 1 fully saturated rings. The van der Waals surface area contributed by atoms with Gasteiger partial charge >= 0.3 is 0 Å². The first-order valence-electron chi connectivity index (χ1n) is 9.82. The van der Waals surface area contributed by atoms with E-state index in [1.54, 1.807) is 12.3 Å². The summed E-state index contributed by atoms with van der Waals surface area (Å²) >= 11 is 0. The van der Waals surface area contributed by atoms with Crippen molar-refractivity contribution in [2.45, 2.75) is 23.8 Å². The lowest BCUT2D eigenvalue weighted by Gasteiger charge is -2.12. The molecule has 2 aromatic carbocycles. The van der Waals surface area contributed by atoms with Gasteiger partial charge in [0.15, 0.2) is 0 Å². The topological polar surface area (TPSA) is 129 Å². The molecular formula is C21H22N4O5S. The first-order chi connectivity index (χ1) is 14.9. The summed E-state index contributed by atoms with van der Waals surface area (Å²) in [5, 5.41) is 0.722. The molecular weight excluding hydrogens is 420 g/mol. The van der Waals surface area contributed by atoms with E-state index in [4.69, 9.17) is 4.74 Å². The van der Waals surface area contributed by atoms with E-state index in [-0.39, 0.29) is 23.1 Å². The fourth-order valence-corrected chi connectivity index (χ4v) is 4.52. The van der Waals surface area contributed by atoms with E-state index in [2.05, 4.69) is 20.6 Å². The first-order valence-corrected chi connectivity index (χ1v) is 11.3. The van der Waals surface area contributed by atoms with Crippen LogP contribution in [0.5, 0.6) is 0 Å². The summed E-state index contributed by atoms with van der Waals surface area (Å²) in [7, 11) is -3.80. The van der Waals surface area contributed by atoms with Crippen LogP contribution < -0.4 is 15.6 Å². The summed E-state index contributed by atoms with van der Waals surface area (Å²) < 4.78 is 33.0.